The first-order valence-corrected chi connectivity index (χ1v) is 9.62. The lowest BCUT2D eigenvalue weighted by Gasteiger charge is -2.13. The summed E-state index contributed by atoms with van der Waals surface area (Å²) < 4.78 is 11.0. The van der Waals surface area contributed by atoms with Crippen molar-refractivity contribution in [1.29, 1.82) is 0 Å². The SMILES string of the molecule is COc1cc(/C=N/N(C)c2ccccc2)ccc1OCC(=O)Nc1ccccc1Cl. The predicted octanol–water partition coefficient (Wildman–Crippen LogP) is 4.84. The number of amides is 1. The molecular formula is C23H22ClN3O3. The minimum Gasteiger partial charge on any atom is -0.493 e. The summed E-state index contributed by atoms with van der Waals surface area (Å²) >= 11 is 6.05. The van der Waals surface area contributed by atoms with Crippen molar-refractivity contribution in [3.63, 3.8) is 0 Å². The molecule has 0 saturated carbocycles. The fraction of sp³-hybridized carbons (Fsp3) is 0.130. The summed E-state index contributed by atoms with van der Waals surface area (Å²) in [5.41, 5.74) is 2.35. The Hall–Kier alpha value is -3.51. The van der Waals surface area contributed by atoms with Crippen LogP contribution in [0.3, 0.4) is 0 Å². The van der Waals surface area contributed by atoms with E-state index in [0.717, 1.165) is 11.3 Å². The number of hydrogen-bond acceptors (Lipinski definition) is 5. The Kier molecular flexibility index (Phi) is 7.29. The molecule has 0 aromatic heterocycles. The number of nitrogens with one attached hydrogen (secondary N) is 1. The van der Waals surface area contributed by atoms with Gasteiger partial charge in [-0.25, -0.2) is 0 Å². The lowest BCUT2D eigenvalue weighted by molar-refractivity contribution is -0.118. The number of para-hydroxylation sites is 2. The van der Waals surface area contributed by atoms with Gasteiger partial charge in [-0.2, -0.15) is 5.10 Å². The van der Waals surface area contributed by atoms with Crippen LogP contribution in [0.2, 0.25) is 5.02 Å². The monoisotopic (exact) mass is 423 g/mol. The number of hydrazone groups is 1. The molecule has 7 heteroatoms. The van der Waals surface area contributed by atoms with Crippen molar-refractivity contribution < 1.29 is 14.3 Å². The lowest BCUT2D eigenvalue weighted by atomic mass is 10.2. The van der Waals surface area contributed by atoms with E-state index in [1.165, 1.54) is 0 Å². The second kappa shape index (κ2) is 10.3. The average Bonchev–Trinajstić information content (AvgIpc) is 2.78. The molecule has 0 heterocycles. The second-order valence-electron chi connectivity index (χ2n) is 6.33. The van der Waals surface area contributed by atoms with Crippen molar-refractivity contribution in [3.05, 3.63) is 83.4 Å². The molecule has 6 nitrogen and oxygen atoms in total. The number of halogens is 1. The Labute approximate surface area is 180 Å². The molecular weight excluding hydrogens is 402 g/mol. The van der Waals surface area contributed by atoms with Crippen molar-refractivity contribution in [1.82, 2.24) is 0 Å². The second-order valence-corrected chi connectivity index (χ2v) is 6.74. The highest BCUT2D eigenvalue weighted by Gasteiger charge is 2.10. The third-order valence-corrected chi connectivity index (χ3v) is 4.53. The van der Waals surface area contributed by atoms with Crippen LogP contribution >= 0.6 is 11.6 Å². The van der Waals surface area contributed by atoms with Crippen molar-refractivity contribution >= 4 is 35.1 Å². The Balaban J connectivity index is 1.62. The van der Waals surface area contributed by atoms with Crippen LogP contribution < -0.4 is 19.8 Å². The van der Waals surface area contributed by atoms with Gasteiger partial charge in [-0.1, -0.05) is 41.9 Å². The minimum absolute atomic E-state index is 0.175. The molecule has 0 saturated heterocycles. The highest BCUT2D eigenvalue weighted by Crippen LogP contribution is 2.28. The van der Waals surface area contributed by atoms with Gasteiger partial charge in [0.25, 0.3) is 5.91 Å². The van der Waals surface area contributed by atoms with Gasteiger partial charge < -0.3 is 14.8 Å². The molecule has 0 fully saturated rings. The molecule has 0 aliphatic carbocycles. The van der Waals surface area contributed by atoms with Gasteiger partial charge in [0.1, 0.15) is 0 Å². The summed E-state index contributed by atoms with van der Waals surface area (Å²) in [5, 5.41) is 9.39. The topological polar surface area (TPSA) is 63.2 Å². The van der Waals surface area contributed by atoms with E-state index in [1.807, 2.05) is 43.4 Å². The van der Waals surface area contributed by atoms with Crippen LogP contribution in [0, 0.1) is 0 Å². The zero-order valence-corrected chi connectivity index (χ0v) is 17.5. The predicted molar refractivity (Wildman–Crippen MR) is 121 cm³/mol. The number of anilines is 2. The summed E-state index contributed by atoms with van der Waals surface area (Å²) in [6, 6.07) is 22.2. The molecule has 1 N–H and O–H groups in total. The van der Waals surface area contributed by atoms with Gasteiger partial charge in [-0.05, 0) is 48.0 Å². The molecule has 3 aromatic carbocycles. The molecule has 3 aromatic rings. The van der Waals surface area contributed by atoms with E-state index >= 15 is 0 Å². The molecule has 3 rings (SSSR count). The quantitative estimate of drug-likeness (QED) is 0.416. The third kappa shape index (κ3) is 5.75. The van der Waals surface area contributed by atoms with E-state index in [-0.39, 0.29) is 12.5 Å². The number of nitrogens with zero attached hydrogens (tertiary/aromatic N) is 2. The van der Waals surface area contributed by atoms with Crippen LogP contribution in [0.4, 0.5) is 11.4 Å². The van der Waals surface area contributed by atoms with Gasteiger partial charge in [0, 0.05) is 7.05 Å². The van der Waals surface area contributed by atoms with E-state index in [2.05, 4.69) is 10.4 Å². The Morgan fingerprint density at radius 3 is 2.53 bits per heavy atom. The lowest BCUT2D eigenvalue weighted by Crippen LogP contribution is -2.20. The normalized spacial score (nSPS) is 10.6. The van der Waals surface area contributed by atoms with Gasteiger partial charge in [0.15, 0.2) is 18.1 Å². The number of hydrogen-bond donors (Lipinski definition) is 1. The smallest absolute Gasteiger partial charge is 0.262 e. The van der Waals surface area contributed by atoms with Gasteiger partial charge in [0.05, 0.1) is 29.7 Å². The fourth-order valence-electron chi connectivity index (χ4n) is 2.64. The summed E-state index contributed by atoms with van der Waals surface area (Å²) in [4.78, 5) is 12.2. The molecule has 0 bridgehead atoms. The summed E-state index contributed by atoms with van der Waals surface area (Å²) in [6.45, 7) is -0.175. The van der Waals surface area contributed by atoms with Crippen LogP contribution in [-0.4, -0.2) is 32.9 Å². The molecule has 0 aliphatic heterocycles. The maximum Gasteiger partial charge on any atom is 0.262 e. The first kappa shape index (κ1) is 21.2. The molecule has 154 valence electrons. The van der Waals surface area contributed by atoms with Crippen molar-refractivity contribution in [2.75, 3.05) is 31.1 Å². The first-order chi connectivity index (χ1) is 14.6. The van der Waals surface area contributed by atoms with Crippen LogP contribution in [0.15, 0.2) is 77.9 Å². The number of methoxy groups -OCH3 is 1. The van der Waals surface area contributed by atoms with Crippen molar-refractivity contribution in [3.8, 4) is 11.5 Å². The third-order valence-electron chi connectivity index (χ3n) is 4.20. The molecule has 0 atom stereocenters. The Morgan fingerprint density at radius 1 is 1.07 bits per heavy atom. The highest BCUT2D eigenvalue weighted by molar-refractivity contribution is 6.33. The average molecular weight is 424 g/mol. The van der Waals surface area contributed by atoms with E-state index in [9.17, 15) is 4.79 Å². The largest absolute Gasteiger partial charge is 0.493 e. The van der Waals surface area contributed by atoms with Crippen LogP contribution in [0.1, 0.15) is 5.56 Å². The van der Waals surface area contributed by atoms with E-state index in [1.54, 1.807) is 54.7 Å². The highest BCUT2D eigenvalue weighted by atomic mass is 35.5. The molecule has 0 aliphatic rings. The van der Waals surface area contributed by atoms with Gasteiger partial charge in [0.2, 0.25) is 0 Å². The fourth-order valence-corrected chi connectivity index (χ4v) is 2.82. The van der Waals surface area contributed by atoms with Gasteiger partial charge >= 0.3 is 0 Å². The zero-order valence-electron chi connectivity index (χ0n) is 16.7. The van der Waals surface area contributed by atoms with Crippen molar-refractivity contribution in [2.24, 2.45) is 5.10 Å². The summed E-state index contributed by atoms with van der Waals surface area (Å²) in [6.07, 6.45) is 1.73. The van der Waals surface area contributed by atoms with Crippen molar-refractivity contribution in [2.45, 2.75) is 0 Å². The van der Waals surface area contributed by atoms with Gasteiger partial charge in [-0.15, -0.1) is 0 Å². The number of rotatable bonds is 8. The molecule has 30 heavy (non-hydrogen) atoms. The number of carbonyl (C=O) groups excluding carboxylic acids is 1. The minimum atomic E-state index is -0.319. The summed E-state index contributed by atoms with van der Waals surface area (Å²) in [7, 11) is 3.42. The van der Waals surface area contributed by atoms with E-state index < -0.39 is 0 Å². The van der Waals surface area contributed by atoms with Crippen LogP contribution in [0.5, 0.6) is 11.5 Å². The molecule has 1 amide bonds. The zero-order chi connectivity index (χ0) is 21.3. The molecule has 0 unspecified atom stereocenters. The number of benzene rings is 3. The van der Waals surface area contributed by atoms with Crippen LogP contribution in [-0.2, 0) is 4.79 Å². The summed E-state index contributed by atoms with van der Waals surface area (Å²) in [5.74, 6) is 0.646. The van der Waals surface area contributed by atoms with Crippen LogP contribution in [0.25, 0.3) is 0 Å². The number of carbonyl (C=O) groups is 1. The molecule has 0 radical (unpaired) electrons. The van der Waals surface area contributed by atoms with Gasteiger partial charge in [-0.3, -0.25) is 9.80 Å². The van der Waals surface area contributed by atoms with E-state index in [0.29, 0.717) is 22.2 Å². The Morgan fingerprint density at radius 2 is 1.80 bits per heavy atom. The first-order valence-electron chi connectivity index (χ1n) is 9.25. The molecule has 0 spiro atoms. The standard InChI is InChI=1S/C23H22ClN3O3/c1-27(18-8-4-3-5-9-18)25-15-17-12-13-21(22(14-17)29-2)30-16-23(28)26-20-11-7-6-10-19(20)24/h3-15H,16H2,1-2H3,(H,26,28)/b25-15+. The number of ether oxygens (including phenoxy) is 2. The maximum atomic E-state index is 12.2. The Bertz CT molecular complexity index is 1030. The maximum absolute atomic E-state index is 12.2. The van der Waals surface area contributed by atoms with E-state index in [4.69, 9.17) is 21.1 Å².